The Kier molecular flexibility index (Phi) is 4.26. The minimum absolute atomic E-state index is 0.128. The van der Waals surface area contributed by atoms with Crippen LogP contribution >= 0.6 is 12.6 Å². The van der Waals surface area contributed by atoms with Gasteiger partial charge in [0.1, 0.15) is 0 Å². The van der Waals surface area contributed by atoms with Gasteiger partial charge < -0.3 is 5.32 Å². The highest BCUT2D eigenvalue weighted by atomic mass is 32.1. The first-order valence-corrected chi connectivity index (χ1v) is 4.20. The highest BCUT2D eigenvalue weighted by Gasteiger charge is 2.17. The van der Waals surface area contributed by atoms with Crippen molar-refractivity contribution in [3.05, 3.63) is 12.7 Å². The Bertz CT molecular complexity index is 154. The molecule has 0 bridgehead atoms. The van der Waals surface area contributed by atoms with E-state index in [1.54, 1.807) is 0 Å². The van der Waals surface area contributed by atoms with Crippen molar-refractivity contribution in [1.29, 1.82) is 0 Å². The first-order chi connectivity index (χ1) is 5.02. The molecule has 11 heavy (non-hydrogen) atoms. The van der Waals surface area contributed by atoms with Crippen molar-refractivity contribution in [2.24, 2.45) is 0 Å². The molecule has 0 unspecified atom stereocenters. The van der Waals surface area contributed by atoms with Gasteiger partial charge in [-0.05, 0) is 32.1 Å². The fraction of sp³-hybridized carbons (Fsp3) is 0.625. The van der Waals surface area contributed by atoms with Crippen LogP contribution in [0.5, 0.6) is 0 Å². The predicted molar refractivity (Wildman–Crippen MR) is 50.9 cm³/mol. The molecule has 0 spiro atoms. The Hall–Kier alpha value is -0.440. The molecular formula is C8H15NOS. The van der Waals surface area contributed by atoms with E-state index in [-0.39, 0.29) is 11.4 Å². The average Bonchev–Trinajstić information content (AvgIpc) is 1.86. The third kappa shape index (κ3) is 4.90. The van der Waals surface area contributed by atoms with Gasteiger partial charge in [0, 0.05) is 5.54 Å². The number of thiol groups is 1. The van der Waals surface area contributed by atoms with E-state index in [1.165, 1.54) is 6.08 Å². The monoisotopic (exact) mass is 173 g/mol. The second kappa shape index (κ2) is 4.44. The molecule has 0 aliphatic rings. The quantitative estimate of drug-likeness (QED) is 0.488. The molecule has 0 saturated heterocycles. The van der Waals surface area contributed by atoms with Crippen molar-refractivity contribution in [3.63, 3.8) is 0 Å². The van der Waals surface area contributed by atoms with Crippen molar-refractivity contribution < 1.29 is 4.79 Å². The van der Waals surface area contributed by atoms with Crippen LogP contribution in [0.3, 0.4) is 0 Å². The van der Waals surface area contributed by atoms with E-state index >= 15 is 0 Å². The van der Waals surface area contributed by atoms with Crippen molar-refractivity contribution in [1.82, 2.24) is 5.32 Å². The van der Waals surface area contributed by atoms with Crippen LogP contribution in [-0.2, 0) is 4.79 Å². The van der Waals surface area contributed by atoms with E-state index in [0.717, 1.165) is 12.2 Å². The van der Waals surface area contributed by atoms with E-state index in [1.807, 2.05) is 13.8 Å². The van der Waals surface area contributed by atoms with Gasteiger partial charge in [0.2, 0.25) is 5.91 Å². The molecule has 0 heterocycles. The zero-order valence-electron chi connectivity index (χ0n) is 7.05. The van der Waals surface area contributed by atoms with Crippen LogP contribution in [0.15, 0.2) is 12.7 Å². The molecule has 0 rings (SSSR count). The van der Waals surface area contributed by atoms with Crippen LogP contribution in [0.4, 0.5) is 0 Å². The van der Waals surface area contributed by atoms with Gasteiger partial charge in [-0.25, -0.2) is 0 Å². The summed E-state index contributed by atoms with van der Waals surface area (Å²) in [5.41, 5.74) is -0.174. The second-order valence-corrected chi connectivity index (χ2v) is 3.50. The summed E-state index contributed by atoms with van der Waals surface area (Å²) in [7, 11) is 0. The standard InChI is InChI=1S/C8H15NOS/c1-4-7(10)9-8(2,3)5-6-11/h4,11H,1,5-6H2,2-3H3,(H,9,10). The van der Waals surface area contributed by atoms with Crippen molar-refractivity contribution in [2.45, 2.75) is 25.8 Å². The van der Waals surface area contributed by atoms with Crippen LogP contribution in [0, 0.1) is 0 Å². The lowest BCUT2D eigenvalue weighted by molar-refractivity contribution is -0.118. The van der Waals surface area contributed by atoms with E-state index in [4.69, 9.17) is 0 Å². The summed E-state index contributed by atoms with van der Waals surface area (Å²) in [6.07, 6.45) is 2.13. The highest BCUT2D eigenvalue weighted by Crippen LogP contribution is 2.08. The molecule has 64 valence electrons. The summed E-state index contributed by atoms with van der Waals surface area (Å²) in [6.45, 7) is 7.30. The van der Waals surface area contributed by atoms with Gasteiger partial charge in [-0.1, -0.05) is 6.58 Å². The van der Waals surface area contributed by atoms with E-state index in [9.17, 15) is 4.79 Å². The molecule has 1 N–H and O–H groups in total. The molecule has 0 saturated carbocycles. The normalized spacial score (nSPS) is 10.8. The Morgan fingerprint density at radius 3 is 2.64 bits per heavy atom. The zero-order valence-corrected chi connectivity index (χ0v) is 7.95. The van der Waals surface area contributed by atoms with Gasteiger partial charge in [-0.15, -0.1) is 0 Å². The van der Waals surface area contributed by atoms with Gasteiger partial charge >= 0.3 is 0 Å². The molecule has 0 fully saturated rings. The maximum absolute atomic E-state index is 10.8. The largest absolute Gasteiger partial charge is 0.348 e. The second-order valence-electron chi connectivity index (χ2n) is 3.05. The minimum Gasteiger partial charge on any atom is -0.348 e. The lowest BCUT2D eigenvalue weighted by atomic mass is 10.0. The van der Waals surface area contributed by atoms with Crippen LogP contribution in [0.2, 0.25) is 0 Å². The lowest BCUT2D eigenvalue weighted by Gasteiger charge is -2.24. The maximum Gasteiger partial charge on any atom is 0.243 e. The molecule has 0 aromatic carbocycles. The smallest absolute Gasteiger partial charge is 0.243 e. The summed E-state index contributed by atoms with van der Waals surface area (Å²) in [5.74, 6) is 0.640. The van der Waals surface area contributed by atoms with Gasteiger partial charge in [-0.2, -0.15) is 12.6 Å². The summed E-state index contributed by atoms with van der Waals surface area (Å²) in [5, 5.41) is 2.80. The number of hydrogen-bond acceptors (Lipinski definition) is 2. The van der Waals surface area contributed by atoms with Gasteiger partial charge in [-0.3, -0.25) is 4.79 Å². The molecule has 3 heteroatoms. The topological polar surface area (TPSA) is 29.1 Å². The maximum atomic E-state index is 10.8. The van der Waals surface area contributed by atoms with Crippen LogP contribution < -0.4 is 5.32 Å². The Morgan fingerprint density at radius 1 is 1.73 bits per heavy atom. The highest BCUT2D eigenvalue weighted by molar-refractivity contribution is 7.80. The SMILES string of the molecule is C=CC(=O)NC(C)(C)CCS. The molecule has 0 atom stereocenters. The number of carbonyl (C=O) groups is 1. The fourth-order valence-electron chi connectivity index (χ4n) is 0.727. The molecule has 0 aliphatic carbocycles. The lowest BCUT2D eigenvalue weighted by Crippen LogP contribution is -2.42. The third-order valence-corrected chi connectivity index (χ3v) is 1.61. The molecule has 1 amide bonds. The minimum atomic E-state index is -0.174. The molecule has 0 aromatic rings. The molecule has 0 aromatic heterocycles. The van der Waals surface area contributed by atoms with Crippen LogP contribution in [0.1, 0.15) is 20.3 Å². The number of carbonyl (C=O) groups excluding carboxylic acids is 1. The Balaban J connectivity index is 3.89. The number of hydrogen-bond donors (Lipinski definition) is 2. The third-order valence-electron chi connectivity index (χ3n) is 1.38. The number of amides is 1. The molecule has 0 aliphatic heterocycles. The molecule has 0 radical (unpaired) electrons. The molecular weight excluding hydrogens is 158 g/mol. The Labute approximate surface area is 73.5 Å². The van der Waals surface area contributed by atoms with Crippen molar-refractivity contribution >= 4 is 18.5 Å². The van der Waals surface area contributed by atoms with E-state index in [2.05, 4.69) is 24.5 Å². The van der Waals surface area contributed by atoms with E-state index < -0.39 is 0 Å². The predicted octanol–water partition coefficient (Wildman–Crippen LogP) is 1.39. The van der Waals surface area contributed by atoms with Gasteiger partial charge in [0.25, 0.3) is 0 Å². The van der Waals surface area contributed by atoms with Crippen molar-refractivity contribution in [2.75, 3.05) is 5.75 Å². The summed E-state index contributed by atoms with van der Waals surface area (Å²) in [6, 6.07) is 0. The Morgan fingerprint density at radius 2 is 2.27 bits per heavy atom. The fourth-order valence-corrected chi connectivity index (χ4v) is 1.29. The zero-order chi connectivity index (χ0) is 8.91. The molecule has 2 nitrogen and oxygen atoms in total. The summed E-state index contributed by atoms with van der Waals surface area (Å²) < 4.78 is 0. The van der Waals surface area contributed by atoms with Crippen LogP contribution in [-0.4, -0.2) is 17.2 Å². The number of rotatable bonds is 4. The van der Waals surface area contributed by atoms with E-state index in [0.29, 0.717) is 0 Å². The first kappa shape index (κ1) is 10.6. The summed E-state index contributed by atoms with van der Waals surface area (Å²) >= 11 is 4.09. The van der Waals surface area contributed by atoms with Crippen LogP contribution in [0.25, 0.3) is 0 Å². The average molecular weight is 173 g/mol. The van der Waals surface area contributed by atoms with Gasteiger partial charge in [0.05, 0.1) is 0 Å². The summed E-state index contributed by atoms with van der Waals surface area (Å²) in [4.78, 5) is 10.8. The number of nitrogens with one attached hydrogen (secondary N) is 1. The van der Waals surface area contributed by atoms with Crippen molar-refractivity contribution in [3.8, 4) is 0 Å². The van der Waals surface area contributed by atoms with Gasteiger partial charge in [0.15, 0.2) is 0 Å². The first-order valence-electron chi connectivity index (χ1n) is 3.57.